The molecule has 0 aromatic heterocycles. The fourth-order valence-electron chi connectivity index (χ4n) is 7.14. The van der Waals surface area contributed by atoms with Crippen LogP contribution in [-0.4, -0.2) is 0 Å². The third kappa shape index (κ3) is 4.76. The van der Waals surface area contributed by atoms with Gasteiger partial charge in [-0.25, -0.2) is 0 Å². The predicted molar refractivity (Wildman–Crippen MR) is 200 cm³/mol. The van der Waals surface area contributed by atoms with E-state index < -0.39 is 5.41 Å². The zero-order valence-corrected chi connectivity index (χ0v) is 26.9. The molecule has 1 aliphatic carbocycles. The molecule has 0 saturated heterocycles. The van der Waals surface area contributed by atoms with Crippen LogP contribution < -0.4 is 0 Å². The van der Waals surface area contributed by atoms with Crippen LogP contribution >= 0.6 is 15.9 Å². The van der Waals surface area contributed by atoms with Crippen LogP contribution in [0.4, 0.5) is 0 Å². The second-order valence-corrected chi connectivity index (χ2v) is 12.9. The van der Waals surface area contributed by atoms with Crippen LogP contribution in [0.5, 0.6) is 0 Å². The molecule has 0 radical (unpaired) electrons. The summed E-state index contributed by atoms with van der Waals surface area (Å²) in [6.07, 6.45) is 6.61. The Morgan fingerprint density at radius 3 is 1.85 bits per heavy atom. The molecule has 218 valence electrons. The number of allylic oxidation sites excluding steroid dienone is 4. The highest BCUT2D eigenvalue weighted by molar-refractivity contribution is 9.10. The first-order valence-electron chi connectivity index (χ1n) is 15.6. The largest absolute Gasteiger partial charge is 0.0936 e. The van der Waals surface area contributed by atoms with Gasteiger partial charge in [-0.05, 0) is 102 Å². The fourth-order valence-corrected chi connectivity index (χ4v) is 7.40. The van der Waals surface area contributed by atoms with Gasteiger partial charge in [0.05, 0.1) is 5.41 Å². The molecule has 0 fully saturated rings. The van der Waals surface area contributed by atoms with Crippen LogP contribution in [-0.2, 0) is 5.41 Å². The molecule has 1 atom stereocenters. The number of halogens is 1. The minimum absolute atomic E-state index is 0.549. The Morgan fingerprint density at radius 1 is 0.522 bits per heavy atom. The van der Waals surface area contributed by atoms with E-state index >= 15 is 0 Å². The number of benzene rings is 7. The zero-order valence-electron chi connectivity index (χ0n) is 25.3. The molecule has 0 saturated carbocycles. The number of fused-ring (bicyclic) bond motifs is 3. The number of rotatable bonds is 5. The minimum atomic E-state index is -0.549. The van der Waals surface area contributed by atoms with Crippen molar-refractivity contribution < 1.29 is 0 Å². The fraction of sp³-hybridized carbons (Fsp3) is 0.0222. The van der Waals surface area contributed by atoms with Crippen LogP contribution in [0.15, 0.2) is 187 Å². The normalized spacial score (nSPS) is 16.9. The van der Waals surface area contributed by atoms with Crippen LogP contribution in [0.2, 0.25) is 0 Å². The lowest BCUT2D eigenvalue weighted by atomic mass is 9.67. The molecule has 0 aliphatic heterocycles. The van der Waals surface area contributed by atoms with Crippen molar-refractivity contribution in [3.8, 4) is 11.1 Å². The summed E-state index contributed by atoms with van der Waals surface area (Å²) in [5.74, 6) is 0. The molecule has 0 nitrogen and oxygen atoms in total. The average Bonchev–Trinajstić information content (AvgIpc) is 3.35. The first-order valence-corrected chi connectivity index (χ1v) is 16.4. The summed E-state index contributed by atoms with van der Waals surface area (Å²) in [5, 5.41) is 4.98. The highest BCUT2D eigenvalue weighted by Gasteiger charge is 2.47. The van der Waals surface area contributed by atoms with Gasteiger partial charge in [0, 0.05) is 4.47 Å². The third-order valence-electron chi connectivity index (χ3n) is 9.38. The van der Waals surface area contributed by atoms with E-state index in [9.17, 15) is 0 Å². The molecule has 0 heterocycles. The molecule has 1 heteroatoms. The first-order chi connectivity index (χ1) is 22.6. The molecule has 46 heavy (non-hydrogen) atoms. The monoisotopic (exact) mass is 650 g/mol. The Labute approximate surface area is 278 Å². The van der Waals surface area contributed by atoms with Gasteiger partial charge in [0.2, 0.25) is 0 Å². The summed E-state index contributed by atoms with van der Waals surface area (Å²) in [6, 6.07) is 57.0. The summed E-state index contributed by atoms with van der Waals surface area (Å²) < 4.78 is 1.06. The van der Waals surface area contributed by atoms with Crippen LogP contribution in [0.3, 0.4) is 0 Å². The van der Waals surface area contributed by atoms with Crippen molar-refractivity contribution in [2.45, 2.75) is 5.41 Å². The van der Waals surface area contributed by atoms with Crippen LogP contribution in [0.25, 0.3) is 44.3 Å². The molecule has 0 spiro atoms. The van der Waals surface area contributed by atoms with E-state index in [2.05, 4.69) is 192 Å². The number of hydrogen-bond acceptors (Lipinski definition) is 0. The average molecular weight is 652 g/mol. The molecule has 7 aromatic rings. The Balaban J connectivity index is 1.33. The molecule has 0 N–H and O–H groups in total. The maximum Gasteiger partial charge on any atom is 0.0708 e. The lowest BCUT2D eigenvalue weighted by Gasteiger charge is -2.34. The van der Waals surface area contributed by atoms with Gasteiger partial charge < -0.3 is 0 Å². The topological polar surface area (TPSA) is 0 Å². The predicted octanol–water partition coefficient (Wildman–Crippen LogP) is 12.4. The highest BCUT2D eigenvalue weighted by Crippen LogP contribution is 2.57. The SMILES string of the molecule is C=C1/C(=C\C=C\c2ccc3ccccc3c2)c2ccc(-c3ccc4ccccc4c3)cc2C1(c1ccccc1)c1ccc(Br)cc1. The van der Waals surface area contributed by atoms with Crippen molar-refractivity contribution in [1.29, 1.82) is 0 Å². The van der Waals surface area contributed by atoms with Gasteiger partial charge >= 0.3 is 0 Å². The molecule has 1 aliphatic rings. The van der Waals surface area contributed by atoms with Gasteiger partial charge in [0.25, 0.3) is 0 Å². The minimum Gasteiger partial charge on any atom is -0.0936 e. The van der Waals surface area contributed by atoms with Gasteiger partial charge in [0.15, 0.2) is 0 Å². The Kier molecular flexibility index (Phi) is 7.12. The Morgan fingerprint density at radius 2 is 1.11 bits per heavy atom. The van der Waals surface area contributed by atoms with E-state index in [0.29, 0.717) is 0 Å². The van der Waals surface area contributed by atoms with Gasteiger partial charge in [-0.2, -0.15) is 0 Å². The summed E-state index contributed by atoms with van der Waals surface area (Å²) in [5.41, 5.74) is 10.1. The van der Waals surface area contributed by atoms with Crippen molar-refractivity contribution >= 4 is 49.1 Å². The molecule has 8 rings (SSSR count). The van der Waals surface area contributed by atoms with E-state index in [4.69, 9.17) is 6.58 Å². The van der Waals surface area contributed by atoms with Gasteiger partial charge in [0.1, 0.15) is 0 Å². The Hall–Kier alpha value is -5.24. The summed E-state index contributed by atoms with van der Waals surface area (Å²) in [4.78, 5) is 0. The van der Waals surface area contributed by atoms with Crippen LogP contribution in [0, 0.1) is 0 Å². The Bertz CT molecular complexity index is 2320. The summed E-state index contributed by atoms with van der Waals surface area (Å²) >= 11 is 3.68. The molecule has 7 aromatic carbocycles. The molecular formula is C45H31Br. The van der Waals surface area contributed by atoms with E-state index in [1.54, 1.807) is 0 Å². The number of hydrogen-bond donors (Lipinski definition) is 0. The van der Waals surface area contributed by atoms with Crippen molar-refractivity contribution in [3.63, 3.8) is 0 Å². The second kappa shape index (κ2) is 11.6. The van der Waals surface area contributed by atoms with Gasteiger partial charge in [-0.3, -0.25) is 0 Å². The van der Waals surface area contributed by atoms with E-state index in [1.165, 1.54) is 60.5 Å². The smallest absolute Gasteiger partial charge is 0.0708 e. The third-order valence-corrected chi connectivity index (χ3v) is 9.91. The van der Waals surface area contributed by atoms with Crippen LogP contribution in [0.1, 0.15) is 27.8 Å². The van der Waals surface area contributed by atoms with E-state index in [1.807, 2.05) is 0 Å². The molecular weight excluding hydrogens is 620 g/mol. The summed E-state index contributed by atoms with van der Waals surface area (Å²) in [6.45, 7) is 4.88. The van der Waals surface area contributed by atoms with Crippen molar-refractivity contribution in [2.24, 2.45) is 0 Å². The van der Waals surface area contributed by atoms with Gasteiger partial charge in [-0.15, -0.1) is 0 Å². The molecule has 1 unspecified atom stereocenters. The van der Waals surface area contributed by atoms with E-state index in [0.717, 1.165) is 15.6 Å². The molecule has 0 amide bonds. The lowest BCUT2D eigenvalue weighted by Crippen LogP contribution is -2.28. The van der Waals surface area contributed by atoms with E-state index in [-0.39, 0.29) is 0 Å². The van der Waals surface area contributed by atoms with Gasteiger partial charge in [-0.1, -0.05) is 168 Å². The van der Waals surface area contributed by atoms with Crippen molar-refractivity contribution in [3.05, 3.63) is 214 Å². The maximum atomic E-state index is 4.88. The lowest BCUT2D eigenvalue weighted by molar-refractivity contribution is 0.772. The quantitative estimate of drug-likeness (QED) is 0.174. The van der Waals surface area contributed by atoms with Crippen molar-refractivity contribution in [2.75, 3.05) is 0 Å². The zero-order chi connectivity index (χ0) is 31.1. The van der Waals surface area contributed by atoms with Crippen molar-refractivity contribution in [1.82, 2.24) is 0 Å². The molecule has 0 bridgehead atoms. The first kappa shape index (κ1) is 28.2. The summed E-state index contributed by atoms with van der Waals surface area (Å²) in [7, 11) is 0. The second-order valence-electron chi connectivity index (χ2n) is 12.0. The maximum absolute atomic E-state index is 4.88. The highest BCUT2D eigenvalue weighted by atomic mass is 79.9. The standard InChI is InChI=1S/C45H31Br/c1-31-42(17-9-10-32-18-19-33-11-5-7-13-35(33)28-32)43-27-22-38(37-21-20-34-12-6-8-14-36(34)29-37)30-44(43)45(31,39-15-3-2-4-16-39)40-23-25-41(46)26-24-40/h2-30H,1H2/b10-9+,42-17+.